The lowest BCUT2D eigenvalue weighted by molar-refractivity contribution is -0.127. The second kappa shape index (κ2) is 10.2. The van der Waals surface area contributed by atoms with E-state index in [0.29, 0.717) is 30.4 Å². The maximum absolute atomic E-state index is 12.4. The van der Waals surface area contributed by atoms with E-state index in [1.54, 1.807) is 14.0 Å². The summed E-state index contributed by atoms with van der Waals surface area (Å²) in [6, 6.07) is 13.3. The van der Waals surface area contributed by atoms with Crippen LogP contribution < -0.4 is 19.5 Å². The number of aryl methyl sites for hydroxylation is 1. The average Bonchev–Trinajstić information content (AvgIpc) is 3.24. The minimum absolute atomic E-state index is 0.147. The third-order valence-corrected chi connectivity index (χ3v) is 4.82. The van der Waals surface area contributed by atoms with Crippen LogP contribution in [-0.2, 0) is 16.1 Å². The van der Waals surface area contributed by atoms with Crippen LogP contribution in [0.1, 0.15) is 30.9 Å². The van der Waals surface area contributed by atoms with Gasteiger partial charge in [-0.2, -0.15) is 0 Å². The topological polar surface area (TPSA) is 66.0 Å². The lowest BCUT2D eigenvalue weighted by atomic mass is 10.2. The molecule has 0 aromatic heterocycles. The predicted molar refractivity (Wildman–Crippen MR) is 111 cm³/mol. The van der Waals surface area contributed by atoms with E-state index in [1.807, 2.05) is 49.4 Å². The lowest BCUT2D eigenvalue weighted by Crippen LogP contribution is -2.35. The lowest BCUT2D eigenvalue weighted by Gasteiger charge is -2.16. The number of carbonyl (C=O) groups is 1. The molecule has 1 amide bonds. The fourth-order valence-corrected chi connectivity index (χ4v) is 3.18. The summed E-state index contributed by atoms with van der Waals surface area (Å²) in [7, 11) is 1.61. The van der Waals surface area contributed by atoms with Crippen molar-refractivity contribution in [3.8, 4) is 17.2 Å². The van der Waals surface area contributed by atoms with E-state index < -0.39 is 6.10 Å². The van der Waals surface area contributed by atoms with E-state index in [9.17, 15) is 4.79 Å². The Labute approximate surface area is 172 Å². The molecule has 2 aromatic rings. The van der Waals surface area contributed by atoms with Gasteiger partial charge in [0, 0.05) is 13.2 Å². The first kappa shape index (κ1) is 21.0. The largest absolute Gasteiger partial charge is 0.493 e. The zero-order valence-corrected chi connectivity index (χ0v) is 17.3. The molecule has 1 N–H and O–H groups in total. The summed E-state index contributed by atoms with van der Waals surface area (Å²) in [5, 5.41) is 2.90. The van der Waals surface area contributed by atoms with Crippen LogP contribution >= 0.6 is 0 Å². The zero-order valence-electron chi connectivity index (χ0n) is 17.3. The molecule has 2 unspecified atom stereocenters. The summed E-state index contributed by atoms with van der Waals surface area (Å²) in [5.74, 6) is 1.82. The van der Waals surface area contributed by atoms with Crippen molar-refractivity contribution in [2.24, 2.45) is 0 Å². The molecule has 3 rings (SSSR count). The Balaban J connectivity index is 1.51. The van der Waals surface area contributed by atoms with Gasteiger partial charge in [-0.1, -0.05) is 18.2 Å². The van der Waals surface area contributed by atoms with Crippen molar-refractivity contribution in [1.29, 1.82) is 0 Å². The van der Waals surface area contributed by atoms with E-state index in [-0.39, 0.29) is 12.0 Å². The van der Waals surface area contributed by atoms with Gasteiger partial charge in [0.2, 0.25) is 0 Å². The first-order valence-corrected chi connectivity index (χ1v) is 9.97. The van der Waals surface area contributed by atoms with Crippen molar-refractivity contribution in [3.05, 3.63) is 53.6 Å². The number of methoxy groups -OCH3 is 1. The average molecular weight is 399 g/mol. The molecule has 6 heteroatoms. The van der Waals surface area contributed by atoms with Crippen LogP contribution in [-0.4, -0.2) is 38.4 Å². The van der Waals surface area contributed by atoms with E-state index >= 15 is 0 Å². The highest BCUT2D eigenvalue weighted by molar-refractivity contribution is 5.80. The molecule has 1 fully saturated rings. The Hall–Kier alpha value is -2.73. The molecule has 0 radical (unpaired) electrons. The van der Waals surface area contributed by atoms with Crippen molar-refractivity contribution in [2.45, 2.75) is 45.4 Å². The number of benzene rings is 2. The highest BCUT2D eigenvalue weighted by Crippen LogP contribution is 2.29. The summed E-state index contributed by atoms with van der Waals surface area (Å²) in [6.45, 7) is 5.41. The van der Waals surface area contributed by atoms with Crippen molar-refractivity contribution in [3.63, 3.8) is 0 Å². The van der Waals surface area contributed by atoms with Crippen LogP contribution in [0.2, 0.25) is 0 Å². The van der Waals surface area contributed by atoms with Gasteiger partial charge in [0.05, 0.1) is 13.2 Å². The molecule has 0 bridgehead atoms. The third-order valence-electron chi connectivity index (χ3n) is 4.82. The molecular weight excluding hydrogens is 370 g/mol. The number of rotatable bonds is 9. The van der Waals surface area contributed by atoms with Crippen molar-refractivity contribution < 1.29 is 23.7 Å². The highest BCUT2D eigenvalue weighted by atomic mass is 16.5. The number of hydrogen-bond donors (Lipinski definition) is 1. The van der Waals surface area contributed by atoms with Gasteiger partial charge < -0.3 is 24.3 Å². The Bertz CT molecular complexity index is 817. The molecule has 0 aliphatic carbocycles. The fourth-order valence-electron chi connectivity index (χ4n) is 3.18. The van der Waals surface area contributed by atoms with Gasteiger partial charge in [0.25, 0.3) is 5.91 Å². The summed E-state index contributed by atoms with van der Waals surface area (Å²) in [4.78, 5) is 12.4. The maximum Gasteiger partial charge on any atom is 0.261 e. The summed E-state index contributed by atoms with van der Waals surface area (Å²) >= 11 is 0. The minimum atomic E-state index is -0.590. The van der Waals surface area contributed by atoms with Crippen molar-refractivity contribution in [1.82, 2.24) is 5.32 Å². The Morgan fingerprint density at radius 3 is 2.83 bits per heavy atom. The molecule has 6 nitrogen and oxygen atoms in total. The molecule has 1 aliphatic heterocycles. The van der Waals surface area contributed by atoms with Crippen LogP contribution in [0.5, 0.6) is 17.2 Å². The van der Waals surface area contributed by atoms with Gasteiger partial charge in [-0.05, 0) is 62.1 Å². The number of amides is 1. The van der Waals surface area contributed by atoms with Crippen LogP contribution in [0.25, 0.3) is 0 Å². The van der Waals surface area contributed by atoms with Crippen LogP contribution in [0.3, 0.4) is 0 Å². The molecule has 1 saturated heterocycles. The first-order chi connectivity index (χ1) is 14.0. The van der Waals surface area contributed by atoms with Crippen LogP contribution in [0.4, 0.5) is 0 Å². The Morgan fingerprint density at radius 1 is 1.24 bits per heavy atom. The van der Waals surface area contributed by atoms with Gasteiger partial charge in [0.1, 0.15) is 12.4 Å². The first-order valence-electron chi connectivity index (χ1n) is 9.97. The maximum atomic E-state index is 12.4. The summed E-state index contributed by atoms with van der Waals surface area (Å²) in [6.07, 6.45) is 1.66. The predicted octanol–water partition coefficient (Wildman–Crippen LogP) is 3.65. The second-order valence-corrected chi connectivity index (χ2v) is 7.23. The Kier molecular flexibility index (Phi) is 7.36. The number of ether oxygens (including phenoxy) is 4. The number of hydrogen-bond acceptors (Lipinski definition) is 5. The Morgan fingerprint density at radius 2 is 2.10 bits per heavy atom. The quantitative estimate of drug-likeness (QED) is 0.697. The number of nitrogens with one attached hydrogen (secondary N) is 1. The standard InChI is InChI=1S/C23H29NO5/c1-16-6-4-7-19(12-16)29-17(2)23(25)24-14-18-9-10-21(22(13-18)26-3)28-15-20-8-5-11-27-20/h4,6-7,9-10,12-13,17,20H,5,8,11,14-15H2,1-3H3,(H,24,25). The van der Waals surface area contributed by atoms with Gasteiger partial charge >= 0.3 is 0 Å². The zero-order chi connectivity index (χ0) is 20.6. The minimum Gasteiger partial charge on any atom is -0.493 e. The molecule has 1 heterocycles. The van der Waals surface area contributed by atoms with E-state index in [1.165, 1.54) is 0 Å². The summed E-state index contributed by atoms with van der Waals surface area (Å²) in [5.41, 5.74) is 2.01. The SMILES string of the molecule is COc1cc(CNC(=O)C(C)Oc2cccc(C)c2)ccc1OCC1CCCO1. The van der Waals surface area contributed by atoms with Gasteiger partial charge in [-0.25, -0.2) is 0 Å². The van der Waals surface area contributed by atoms with Crippen molar-refractivity contribution >= 4 is 5.91 Å². The van der Waals surface area contributed by atoms with E-state index in [2.05, 4.69) is 5.32 Å². The van der Waals surface area contributed by atoms with Gasteiger partial charge in [0.15, 0.2) is 17.6 Å². The molecule has 2 aromatic carbocycles. The second-order valence-electron chi connectivity index (χ2n) is 7.23. The molecule has 1 aliphatic rings. The van der Waals surface area contributed by atoms with Gasteiger partial charge in [-0.3, -0.25) is 4.79 Å². The molecule has 156 valence electrons. The molecule has 0 saturated carbocycles. The monoisotopic (exact) mass is 399 g/mol. The fraction of sp³-hybridized carbons (Fsp3) is 0.435. The summed E-state index contributed by atoms with van der Waals surface area (Å²) < 4.78 is 22.6. The molecule has 29 heavy (non-hydrogen) atoms. The van der Waals surface area contributed by atoms with E-state index in [0.717, 1.165) is 30.6 Å². The smallest absolute Gasteiger partial charge is 0.261 e. The molecule has 0 spiro atoms. The number of carbonyl (C=O) groups excluding carboxylic acids is 1. The van der Waals surface area contributed by atoms with Crippen LogP contribution in [0, 0.1) is 6.92 Å². The van der Waals surface area contributed by atoms with Crippen LogP contribution in [0.15, 0.2) is 42.5 Å². The van der Waals surface area contributed by atoms with Gasteiger partial charge in [-0.15, -0.1) is 0 Å². The third kappa shape index (κ3) is 6.12. The van der Waals surface area contributed by atoms with Crippen molar-refractivity contribution in [2.75, 3.05) is 20.3 Å². The normalized spacial score (nSPS) is 16.9. The molecular formula is C23H29NO5. The molecule has 2 atom stereocenters. The highest BCUT2D eigenvalue weighted by Gasteiger charge is 2.18. The van der Waals surface area contributed by atoms with E-state index in [4.69, 9.17) is 18.9 Å².